The molecule has 0 aliphatic heterocycles. The quantitative estimate of drug-likeness (QED) is 0.596. The summed E-state index contributed by atoms with van der Waals surface area (Å²) in [6.07, 6.45) is 2.96. The molecule has 1 aromatic carbocycles. The summed E-state index contributed by atoms with van der Waals surface area (Å²) in [6.45, 7) is 0. The minimum absolute atomic E-state index is 0.0418. The number of halogens is 1. The minimum Gasteiger partial charge on any atom is -0.469 e. The Morgan fingerprint density at radius 1 is 1.28 bits per heavy atom. The van der Waals surface area contributed by atoms with Crippen LogP contribution in [0.5, 0.6) is 0 Å². The Morgan fingerprint density at radius 2 is 2.00 bits per heavy atom. The summed E-state index contributed by atoms with van der Waals surface area (Å²) < 4.78 is 4.53. The topological polar surface area (TPSA) is 43.4 Å². The van der Waals surface area contributed by atoms with Gasteiger partial charge in [0.25, 0.3) is 0 Å². The van der Waals surface area contributed by atoms with Crippen LogP contribution in [0.1, 0.15) is 35.2 Å². The summed E-state index contributed by atoms with van der Waals surface area (Å²) in [6, 6.07) is 7.39. The number of benzene rings is 1. The largest absolute Gasteiger partial charge is 0.469 e. The van der Waals surface area contributed by atoms with Crippen LogP contribution in [0.4, 0.5) is 0 Å². The van der Waals surface area contributed by atoms with Gasteiger partial charge in [-0.05, 0) is 23.0 Å². The van der Waals surface area contributed by atoms with E-state index in [9.17, 15) is 9.59 Å². The van der Waals surface area contributed by atoms with E-state index in [4.69, 9.17) is 0 Å². The van der Waals surface area contributed by atoms with Crippen molar-refractivity contribution in [1.29, 1.82) is 0 Å². The summed E-state index contributed by atoms with van der Waals surface area (Å²) in [5.74, 6) is -0.239. The molecule has 0 N–H and O–H groups in total. The number of esters is 1. The van der Waals surface area contributed by atoms with Gasteiger partial charge in [0, 0.05) is 18.4 Å². The number of ketones is 1. The molecule has 0 radical (unpaired) electrons. The number of hydrogen-bond donors (Lipinski definition) is 0. The molecule has 3 nitrogen and oxygen atoms in total. The number of methoxy groups -OCH3 is 1. The Kier molecular flexibility index (Phi) is 6.36. The fourth-order valence-corrected chi connectivity index (χ4v) is 1.88. The van der Waals surface area contributed by atoms with E-state index in [1.165, 1.54) is 7.11 Å². The third kappa shape index (κ3) is 4.45. The van der Waals surface area contributed by atoms with Crippen molar-refractivity contribution in [3.63, 3.8) is 0 Å². The van der Waals surface area contributed by atoms with Gasteiger partial charge in [-0.15, -0.1) is 0 Å². The molecule has 1 aromatic rings. The highest BCUT2D eigenvalue weighted by atomic mass is 79.9. The maximum absolute atomic E-state index is 12.0. The van der Waals surface area contributed by atoms with Crippen LogP contribution in [0.3, 0.4) is 0 Å². The minimum atomic E-state index is -0.281. The highest BCUT2D eigenvalue weighted by Gasteiger charge is 2.10. The third-order valence-electron chi connectivity index (χ3n) is 2.52. The smallest absolute Gasteiger partial charge is 0.305 e. The van der Waals surface area contributed by atoms with Gasteiger partial charge in [-0.25, -0.2) is 0 Å². The molecule has 0 amide bonds. The van der Waals surface area contributed by atoms with E-state index in [1.54, 1.807) is 11.1 Å². The van der Waals surface area contributed by atoms with Gasteiger partial charge >= 0.3 is 5.97 Å². The van der Waals surface area contributed by atoms with Gasteiger partial charge in [0.05, 0.1) is 7.11 Å². The van der Waals surface area contributed by atoms with E-state index in [-0.39, 0.29) is 18.2 Å². The van der Waals surface area contributed by atoms with Gasteiger partial charge in [0.2, 0.25) is 0 Å². The maximum Gasteiger partial charge on any atom is 0.305 e. The average molecular weight is 311 g/mol. The van der Waals surface area contributed by atoms with Crippen molar-refractivity contribution in [2.45, 2.75) is 19.3 Å². The lowest BCUT2D eigenvalue weighted by atomic mass is 10.00. The molecule has 0 atom stereocenters. The molecule has 0 aliphatic carbocycles. The molecule has 0 unspecified atom stereocenters. The van der Waals surface area contributed by atoms with Crippen molar-refractivity contribution in [3.05, 3.63) is 40.4 Å². The van der Waals surface area contributed by atoms with Crippen molar-refractivity contribution in [3.8, 4) is 0 Å². The predicted octanol–water partition coefficient (Wildman–Crippen LogP) is 3.58. The van der Waals surface area contributed by atoms with E-state index < -0.39 is 0 Å². The van der Waals surface area contributed by atoms with Crippen LogP contribution in [0.25, 0.3) is 6.08 Å². The first kappa shape index (κ1) is 14.6. The molecule has 0 bridgehead atoms. The molecule has 4 heteroatoms. The first-order chi connectivity index (χ1) is 8.69. The average Bonchev–Trinajstić information content (AvgIpc) is 2.39. The van der Waals surface area contributed by atoms with Gasteiger partial charge in [0.15, 0.2) is 5.78 Å². The first-order valence-electron chi connectivity index (χ1n) is 5.65. The van der Waals surface area contributed by atoms with Crippen LogP contribution in [0.15, 0.2) is 29.3 Å². The molecule has 0 spiro atoms. The summed E-state index contributed by atoms with van der Waals surface area (Å²) in [5, 5.41) is 0. The van der Waals surface area contributed by atoms with Gasteiger partial charge in [0.1, 0.15) is 0 Å². The van der Waals surface area contributed by atoms with E-state index in [2.05, 4.69) is 20.7 Å². The molecule has 0 aromatic heterocycles. The molecule has 96 valence electrons. The number of carbonyl (C=O) groups is 2. The summed E-state index contributed by atoms with van der Waals surface area (Å²) in [7, 11) is 1.35. The molecule has 0 fully saturated rings. The van der Waals surface area contributed by atoms with E-state index in [1.807, 2.05) is 24.3 Å². The summed E-state index contributed by atoms with van der Waals surface area (Å²) in [4.78, 5) is 24.7. The SMILES string of the molecule is COC(=O)CCCC(=O)c1ccccc1C=CBr. The first-order valence-corrected chi connectivity index (χ1v) is 6.56. The summed E-state index contributed by atoms with van der Waals surface area (Å²) in [5.41, 5.74) is 1.55. The highest BCUT2D eigenvalue weighted by molar-refractivity contribution is 9.11. The number of hydrogen-bond acceptors (Lipinski definition) is 3. The Hall–Kier alpha value is -1.42. The van der Waals surface area contributed by atoms with E-state index >= 15 is 0 Å². The maximum atomic E-state index is 12.0. The van der Waals surface area contributed by atoms with Crippen molar-refractivity contribution < 1.29 is 14.3 Å². The van der Waals surface area contributed by atoms with Crippen molar-refractivity contribution in [2.24, 2.45) is 0 Å². The zero-order valence-electron chi connectivity index (χ0n) is 10.2. The Bertz CT molecular complexity index is 452. The molecule has 0 saturated carbocycles. The van der Waals surface area contributed by atoms with Crippen LogP contribution in [-0.4, -0.2) is 18.9 Å². The third-order valence-corrected chi connectivity index (χ3v) is 2.78. The normalized spacial score (nSPS) is 10.6. The zero-order chi connectivity index (χ0) is 13.4. The second kappa shape index (κ2) is 7.82. The summed E-state index contributed by atoms with van der Waals surface area (Å²) >= 11 is 3.20. The number of rotatable bonds is 6. The highest BCUT2D eigenvalue weighted by Crippen LogP contribution is 2.15. The molecule has 1 rings (SSSR count). The van der Waals surface area contributed by atoms with Gasteiger partial charge in [-0.3, -0.25) is 9.59 Å². The van der Waals surface area contributed by atoms with E-state index in [0.29, 0.717) is 18.4 Å². The van der Waals surface area contributed by atoms with Crippen molar-refractivity contribution in [1.82, 2.24) is 0 Å². The lowest BCUT2D eigenvalue weighted by molar-refractivity contribution is -0.140. The predicted molar refractivity (Wildman–Crippen MR) is 74.6 cm³/mol. The van der Waals surface area contributed by atoms with Crippen LogP contribution in [0, 0.1) is 0 Å². The molecule has 0 saturated heterocycles. The van der Waals surface area contributed by atoms with Crippen LogP contribution >= 0.6 is 15.9 Å². The van der Waals surface area contributed by atoms with Gasteiger partial charge in [-0.1, -0.05) is 40.2 Å². The fraction of sp³-hybridized carbons (Fsp3) is 0.286. The second-order valence-electron chi connectivity index (χ2n) is 3.73. The van der Waals surface area contributed by atoms with Crippen LogP contribution < -0.4 is 0 Å². The number of Topliss-reactive ketones (excluding diaryl/α,β-unsaturated/α-hetero) is 1. The molecule has 18 heavy (non-hydrogen) atoms. The number of ether oxygens (including phenoxy) is 1. The Morgan fingerprint density at radius 3 is 2.67 bits per heavy atom. The molecule has 0 aliphatic rings. The fourth-order valence-electron chi connectivity index (χ4n) is 1.59. The monoisotopic (exact) mass is 310 g/mol. The van der Waals surface area contributed by atoms with Gasteiger partial charge < -0.3 is 4.74 Å². The lowest BCUT2D eigenvalue weighted by Crippen LogP contribution is -2.05. The zero-order valence-corrected chi connectivity index (χ0v) is 11.8. The van der Waals surface area contributed by atoms with Crippen LogP contribution in [0.2, 0.25) is 0 Å². The lowest BCUT2D eigenvalue weighted by Gasteiger charge is -2.04. The van der Waals surface area contributed by atoms with Crippen LogP contribution in [-0.2, 0) is 9.53 Å². The van der Waals surface area contributed by atoms with Gasteiger partial charge in [-0.2, -0.15) is 0 Å². The molecular weight excluding hydrogens is 296 g/mol. The number of carbonyl (C=O) groups excluding carboxylic acids is 2. The van der Waals surface area contributed by atoms with Crippen molar-refractivity contribution in [2.75, 3.05) is 7.11 Å². The standard InChI is InChI=1S/C14H15BrO3/c1-18-14(17)8-4-7-13(16)12-6-3-2-5-11(12)9-10-15/h2-3,5-6,9-10H,4,7-8H2,1H3. The molecular formula is C14H15BrO3. The second-order valence-corrected chi connectivity index (χ2v) is 4.26. The Labute approximate surface area is 115 Å². The van der Waals surface area contributed by atoms with E-state index in [0.717, 1.165) is 5.56 Å². The van der Waals surface area contributed by atoms with Crippen molar-refractivity contribution >= 4 is 33.8 Å². The Balaban J connectivity index is 2.64. The molecule has 0 heterocycles.